The number of hydrogen-bond acceptors (Lipinski definition) is 5. The van der Waals surface area contributed by atoms with Crippen molar-refractivity contribution in [2.75, 3.05) is 18.6 Å². The first-order valence-corrected chi connectivity index (χ1v) is 7.31. The lowest BCUT2D eigenvalue weighted by Crippen LogP contribution is -2.36. The van der Waals surface area contributed by atoms with Crippen LogP contribution < -0.4 is 15.4 Å². The predicted octanol–water partition coefficient (Wildman–Crippen LogP) is 2.94. The molecule has 3 rings (SSSR count). The van der Waals surface area contributed by atoms with E-state index < -0.39 is 0 Å². The zero-order valence-corrected chi connectivity index (χ0v) is 12.4. The number of aryl methyl sites for hydroxylation is 1. The van der Waals surface area contributed by atoms with Crippen LogP contribution in [-0.4, -0.2) is 19.6 Å². The third-order valence-corrected chi connectivity index (χ3v) is 4.52. The third kappa shape index (κ3) is 2.14. The van der Waals surface area contributed by atoms with E-state index in [0.29, 0.717) is 12.5 Å². The first-order valence-electron chi connectivity index (χ1n) is 6.49. The minimum absolute atomic E-state index is 0.157. The highest BCUT2D eigenvalue weighted by atomic mass is 32.1. The molecule has 0 fully saturated rings. The number of nitrogens with zero attached hydrogens (tertiary/aromatic N) is 2. The molecule has 0 amide bonds. The fourth-order valence-electron chi connectivity index (χ4n) is 2.47. The van der Waals surface area contributed by atoms with Gasteiger partial charge < -0.3 is 10.5 Å². The molecule has 0 radical (unpaired) electrons. The molecule has 0 saturated heterocycles. The number of ether oxygens (including phenoxy) is 1. The van der Waals surface area contributed by atoms with Crippen molar-refractivity contribution in [3.05, 3.63) is 46.2 Å². The first kappa shape index (κ1) is 13.0. The van der Waals surface area contributed by atoms with Crippen molar-refractivity contribution < 1.29 is 4.74 Å². The van der Waals surface area contributed by atoms with Crippen molar-refractivity contribution in [3.8, 4) is 5.75 Å². The summed E-state index contributed by atoms with van der Waals surface area (Å²) < 4.78 is 5.45. The van der Waals surface area contributed by atoms with Crippen molar-refractivity contribution in [2.24, 2.45) is 10.7 Å². The fraction of sp³-hybridized carbons (Fsp3) is 0.267. The zero-order chi connectivity index (χ0) is 14.1. The Kier molecular flexibility index (Phi) is 3.36. The van der Waals surface area contributed by atoms with Gasteiger partial charge in [-0.3, -0.25) is 9.89 Å². The lowest BCUT2D eigenvalue weighted by atomic mass is 10.2. The lowest BCUT2D eigenvalue weighted by Gasteiger charge is -2.27. The number of rotatable bonds is 3. The zero-order valence-electron chi connectivity index (χ0n) is 11.5. The molecule has 0 spiro atoms. The first-order chi connectivity index (χ1) is 9.70. The van der Waals surface area contributed by atoms with Gasteiger partial charge in [-0.2, -0.15) is 0 Å². The number of methoxy groups -OCH3 is 1. The summed E-state index contributed by atoms with van der Waals surface area (Å²) in [6, 6.07) is 12.3. The second-order valence-electron chi connectivity index (χ2n) is 4.70. The van der Waals surface area contributed by atoms with E-state index in [-0.39, 0.29) is 6.04 Å². The van der Waals surface area contributed by atoms with Crippen LogP contribution in [0.25, 0.3) is 0 Å². The summed E-state index contributed by atoms with van der Waals surface area (Å²) in [6.45, 7) is 2.80. The Morgan fingerprint density at radius 2 is 2.10 bits per heavy atom. The molecular formula is C15H17N3OS. The second-order valence-corrected chi connectivity index (χ2v) is 6.02. The Labute approximate surface area is 122 Å². The number of nitrogens with two attached hydrogens (primary N) is 1. The van der Waals surface area contributed by atoms with Crippen molar-refractivity contribution in [2.45, 2.75) is 13.0 Å². The van der Waals surface area contributed by atoms with Crippen molar-refractivity contribution in [1.82, 2.24) is 0 Å². The fourth-order valence-corrected chi connectivity index (χ4v) is 3.43. The number of aliphatic imine (C=N–C) groups is 1. The van der Waals surface area contributed by atoms with Crippen molar-refractivity contribution in [3.63, 3.8) is 0 Å². The van der Waals surface area contributed by atoms with Gasteiger partial charge in [-0.05, 0) is 31.2 Å². The van der Waals surface area contributed by atoms with Gasteiger partial charge in [-0.1, -0.05) is 12.1 Å². The Hall–Kier alpha value is -2.01. The number of para-hydroxylation sites is 2. The largest absolute Gasteiger partial charge is 0.495 e. The average Bonchev–Trinajstić information content (AvgIpc) is 3.04. The van der Waals surface area contributed by atoms with E-state index in [0.717, 1.165) is 11.4 Å². The van der Waals surface area contributed by atoms with E-state index in [9.17, 15) is 0 Å². The van der Waals surface area contributed by atoms with Crippen LogP contribution in [0.1, 0.15) is 15.8 Å². The molecule has 2 N–H and O–H groups in total. The molecule has 1 aliphatic heterocycles. The van der Waals surface area contributed by atoms with Gasteiger partial charge in [0.15, 0.2) is 5.96 Å². The number of benzene rings is 1. The van der Waals surface area contributed by atoms with E-state index >= 15 is 0 Å². The van der Waals surface area contributed by atoms with Gasteiger partial charge in [0, 0.05) is 9.75 Å². The van der Waals surface area contributed by atoms with Crippen LogP contribution >= 0.6 is 11.3 Å². The summed E-state index contributed by atoms with van der Waals surface area (Å²) in [7, 11) is 1.67. The van der Waals surface area contributed by atoms with Gasteiger partial charge >= 0.3 is 0 Å². The minimum atomic E-state index is 0.157. The van der Waals surface area contributed by atoms with Crippen LogP contribution in [0, 0.1) is 6.92 Å². The minimum Gasteiger partial charge on any atom is -0.495 e. The number of thiophene rings is 1. The normalized spacial score (nSPS) is 18.2. The monoisotopic (exact) mass is 287 g/mol. The van der Waals surface area contributed by atoms with Crippen LogP contribution in [0.3, 0.4) is 0 Å². The van der Waals surface area contributed by atoms with Crippen molar-refractivity contribution in [1.29, 1.82) is 0 Å². The topological polar surface area (TPSA) is 50.9 Å². The average molecular weight is 287 g/mol. The van der Waals surface area contributed by atoms with Gasteiger partial charge in [-0.15, -0.1) is 11.3 Å². The SMILES string of the molecule is COc1ccccc1N1C(N)=NCC1c1ccc(C)s1. The molecule has 0 bridgehead atoms. The molecule has 20 heavy (non-hydrogen) atoms. The van der Waals surface area contributed by atoms with E-state index in [2.05, 4.69) is 28.9 Å². The van der Waals surface area contributed by atoms with Gasteiger partial charge in [0.05, 0.1) is 25.4 Å². The summed E-state index contributed by atoms with van der Waals surface area (Å²) >= 11 is 1.79. The molecule has 0 saturated carbocycles. The Morgan fingerprint density at radius 3 is 2.80 bits per heavy atom. The molecule has 2 aromatic rings. The second kappa shape index (κ2) is 5.17. The van der Waals surface area contributed by atoms with E-state index in [4.69, 9.17) is 10.5 Å². The molecule has 2 heterocycles. The van der Waals surface area contributed by atoms with Crippen molar-refractivity contribution >= 4 is 23.0 Å². The summed E-state index contributed by atoms with van der Waals surface area (Å²) in [5, 5.41) is 0. The van der Waals surface area contributed by atoms with Crippen LogP contribution in [-0.2, 0) is 0 Å². The van der Waals surface area contributed by atoms with Gasteiger partial charge in [-0.25, -0.2) is 0 Å². The van der Waals surface area contributed by atoms with Crippen LogP contribution in [0.2, 0.25) is 0 Å². The summed E-state index contributed by atoms with van der Waals surface area (Å²) in [5.41, 5.74) is 7.06. The van der Waals surface area contributed by atoms with Gasteiger partial charge in [0.1, 0.15) is 5.75 Å². The molecule has 1 atom stereocenters. The maximum Gasteiger partial charge on any atom is 0.196 e. The predicted molar refractivity (Wildman–Crippen MR) is 83.8 cm³/mol. The molecule has 1 aromatic heterocycles. The third-order valence-electron chi connectivity index (χ3n) is 3.42. The molecule has 4 nitrogen and oxygen atoms in total. The van der Waals surface area contributed by atoms with E-state index in [1.807, 2.05) is 24.3 Å². The highest BCUT2D eigenvalue weighted by Gasteiger charge is 2.31. The molecule has 1 aromatic carbocycles. The summed E-state index contributed by atoms with van der Waals surface area (Å²) in [5.74, 6) is 1.36. The molecule has 1 aliphatic rings. The molecule has 0 aliphatic carbocycles. The number of anilines is 1. The maximum absolute atomic E-state index is 6.09. The lowest BCUT2D eigenvalue weighted by molar-refractivity contribution is 0.415. The number of hydrogen-bond donors (Lipinski definition) is 1. The summed E-state index contributed by atoms with van der Waals surface area (Å²) in [6.07, 6.45) is 0. The quantitative estimate of drug-likeness (QED) is 0.944. The standard InChI is InChI=1S/C15H17N3OS/c1-10-7-8-14(20-10)12-9-17-15(16)18(12)11-5-3-4-6-13(11)19-2/h3-8,12H,9H2,1-2H3,(H2,16,17). The molecular weight excluding hydrogens is 270 g/mol. The van der Waals surface area contributed by atoms with Gasteiger partial charge in [0.2, 0.25) is 0 Å². The molecule has 5 heteroatoms. The Balaban J connectivity index is 2.02. The highest BCUT2D eigenvalue weighted by molar-refractivity contribution is 7.12. The van der Waals surface area contributed by atoms with Gasteiger partial charge in [0.25, 0.3) is 0 Å². The smallest absolute Gasteiger partial charge is 0.196 e. The van der Waals surface area contributed by atoms with E-state index in [1.54, 1.807) is 18.4 Å². The van der Waals surface area contributed by atoms with Crippen LogP contribution in [0.15, 0.2) is 41.4 Å². The van der Waals surface area contributed by atoms with Crippen LogP contribution in [0.4, 0.5) is 5.69 Å². The van der Waals surface area contributed by atoms with E-state index in [1.165, 1.54) is 9.75 Å². The Bertz CT molecular complexity index is 650. The maximum atomic E-state index is 6.09. The molecule has 1 unspecified atom stereocenters. The number of guanidine groups is 1. The molecule has 104 valence electrons. The highest BCUT2D eigenvalue weighted by Crippen LogP contribution is 2.38. The summed E-state index contributed by atoms with van der Waals surface area (Å²) in [4.78, 5) is 9.04. The Morgan fingerprint density at radius 1 is 1.30 bits per heavy atom. The van der Waals surface area contributed by atoms with Crippen LogP contribution in [0.5, 0.6) is 5.75 Å².